The zero-order valence-corrected chi connectivity index (χ0v) is 8.27. The first kappa shape index (κ1) is 10.4. The van der Waals surface area contributed by atoms with Gasteiger partial charge in [-0.2, -0.15) is 0 Å². The Labute approximate surface area is 83.1 Å². The topological polar surface area (TPSA) is 50.2 Å². The van der Waals surface area contributed by atoms with Gasteiger partial charge in [-0.1, -0.05) is 19.1 Å². The SMILES string of the molecule is CC(=CC(C)c1ccccn1)C(=O)O. The quantitative estimate of drug-likeness (QED) is 0.745. The van der Waals surface area contributed by atoms with Crippen molar-refractivity contribution in [3.05, 3.63) is 41.7 Å². The van der Waals surface area contributed by atoms with Crippen molar-refractivity contribution in [3.8, 4) is 0 Å². The fourth-order valence-corrected chi connectivity index (χ4v) is 1.18. The minimum absolute atomic E-state index is 0.0345. The number of hydrogen-bond donors (Lipinski definition) is 1. The second-order valence-corrected chi connectivity index (χ2v) is 3.20. The van der Waals surface area contributed by atoms with E-state index in [0.29, 0.717) is 5.57 Å². The Balaban J connectivity index is 2.82. The number of pyridine rings is 1. The largest absolute Gasteiger partial charge is 0.478 e. The van der Waals surface area contributed by atoms with Crippen LogP contribution in [-0.2, 0) is 4.79 Å². The molecule has 0 saturated carbocycles. The van der Waals surface area contributed by atoms with E-state index in [0.717, 1.165) is 5.69 Å². The molecule has 1 N–H and O–H groups in total. The minimum Gasteiger partial charge on any atom is -0.478 e. The number of carbonyl (C=O) groups is 1. The van der Waals surface area contributed by atoms with E-state index in [1.165, 1.54) is 0 Å². The maximum Gasteiger partial charge on any atom is 0.330 e. The Morgan fingerprint density at radius 2 is 2.29 bits per heavy atom. The molecule has 1 rings (SSSR count). The Kier molecular flexibility index (Phi) is 3.40. The number of rotatable bonds is 3. The van der Waals surface area contributed by atoms with Crippen LogP contribution in [0.25, 0.3) is 0 Å². The summed E-state index contributed by atoms with van der Waals surface area (Å²) in [6.45, 7) is 3.51. The number of aromatic nitrogens is 1. The molecule has 0 aliphatic carbocycles. The first-order valence-electron chi connectivity index (χ1n) is 4.44. The predicted molar refractivity (Wildman–Crippen MR) is 54.0 cm³/mol. The van der Waals surface area contributed by atoms with Crippen LogP contribution in [0.4, 0.5) is 0 Å². The molecule has 1 atom stereocenters. The smallest absolute Gasteiger partial charge is 0.330 e. The van der Waals surface area contributed by atoms with Crippen molar-refractivity contribution >= 4 is 5.97 Å². The highest BCUT2D eigenvalue weighted by atomic mass is 16.4. The lowest BCUT2D eigenvalue weighted by Crippen LogP contribution is -2.00. The van der Waals surface area contributed by atoms with Crippen molar-refractivity contribution in [2.45, 2.75) is 19.8 Å². The van der Waals surface area contributed by atoms with E-state index in [4.69, 9.17) is 5.11 Å². The van der Waals surface area contributed by atoms with Crippen LogP contribution in [0.2, 0.25) is 0 Å². The van der Waals surface area contributed by atoms with Crippen molar-refractivity contribution in [2.75, 3.05) is 0 Å². The molecule has 3 nitrogen and oxygen atoms in total. The molecule has 0 fully saturated rings. The summed E-state index contributed by atoms with van der Waals surface area (Å²) in [6.07, 6.45) is 3.40. The maximum atomic E-state index is 10.6. The van der Waals surface area contributed by atoms with Crippen molar-refractivity contribution in [2.24, 2.45) is 0 Å². The highest BCUT2D eigenvalue weighted by molar-refractivity contribution is 5.85. The normalized spacial score (nSPS) is 13.7. The third-order valence-electron chi connectivity index (χ3n) is 1.99. The summed E-state index contributed by atoms with van der Waals surface area (Å²) < 4.78 is 0. The van der Waals surface area contributed by atoms with Gasteiger partial charge in [0.1, 0.15) is 0 Å². The van der Waals surface area contributed by atoms with E-state index in [1.54, 1.807) is 19.2 Å². The molecule has 1 aromatic heterocycles. The van der Waals surface area contributed by atoms with Crippen molar-refractivity contribution in [1.82, 2.24) is 4.98 Å². The first-order valence-corrected chi connectivity index (χ1v) is 4.44. The van der Waals surface area contributed by atoms with Crippen molar-refractivity contribution in [1.29, 1.82) is 0 Å². The summed E-state index contributed by atoms with van der Waals surface area (Å²) >= 11 is 0. The first-order chi connectivity index (χ1) is 6.61. The number of hydrogen-bond acceptors (Lipinski definition) is 2. The summed E-state index contributed by atoms with van der Waals surface area (Å²) in [4.78, 5) is 14.7. The van der Waals surface area contributed by atoms with Crippen LogP contribution < -0.4 is 0 Å². The van der Waals surface area contributed by atoms with E-state index in [9.17, 15) is 4.79 Å². The standard InChI is InChI=1S/C11H13NO2/c1-8(7-9(2)11(13)14)10-5-3-4-6-12-10/h3-8H,1-2H3,(H,13,14). The molecule has 74 valence electrons. The zero-order chi connectivity index (χ0) is 10.6. The highest BCUT2D eigenvalue weighted by Crippen LogP contribution is 2.15. The minimum atomic E-state index is -0.882. The van der Waals surface area contributed by atoms with E-state index >= 15 is 0 Å². The van der Waals surface area contributed by atoms with Gasteiger partial charge >= 0.3 is 5.97 Å². The van der Waals surface area contributed by atoms with Crippen molar-refractivity contribution < 1.29 is 9.90 Å². The number of carboxylic acid groups (broad SMARTS) is 1. The molecule has 0 spiro atoms. The van der Waals surface area contributed by atoms with E-state index in [1.807, 2.05) is 25.1 Å². The van der Waals surface area contributed by atoms with Crippen LogP contribution in [0, 0.1) is 0 Å². The zero-order valence-electron chi connectivity index (χ0n) is 8.27. The molecule has 1 aromatic rings. The Bertz CT molecular complexity index is 344. The van der Waals surface area contributed by atoms with Crippen molar-refractivity contribution in [3.63, 3.8) is 0 Å². The van der Waals surface area contributed by atoms with Gasteiger partial charge < -0.3 is 5.11 Å². The monoisotopic (exact) mass is 191 g/mol. The predicted octanol–water partition coefficient (Wildman–Crippen LogP) is 2.22. The highest BCUT2D eigenvalue weighted by Gasteiger charge is 2.06. The van der Waals surface area contributed by atoms with Gasteiger partial charge in [0.05, 0.1) is 0 Å². The molecule has 0 radical (unpaired) electrons. The second-order valence-electron chi connectivity index (χ2n) is 3.20. The molecule has 1 unspecified atom stereocenters. The van der Waals surface area contributed by atoms with Gasteiger partial charge in [0, 0.05) is 23.4 Å². The van der Waals surface area contributed by atoms with Gasteiger partial charge in [-0.05, 0) is 19.1 Å². The maximum absolute atomic E-state index is 10.6. The van der Waals surface area contributed by atoms with Crippen LogP contribution in [0.3, 0.4) is 0 Å². The number of aliphatic carboxylic acids is 1. The van der Waals surface area contributed by atoms with Crippen LogP contribution in [-0.4, -0.2) is 16.1 Å². The molecule has 3 heteroatoms. The average molecular weight is 191 g/mol. The fourth-order valence-electron chi connectivity index (χ4n) is 1.18. The van der Waals surface area contributed by atoms with Crippen LogP contribution >= 0.6 is 0 Å². The molecule has 0 bridgehead atoms. The number of carboxylic acids is 1. The lowest BCUT2D eigenvalue weighted by Gasteiger charge is -2.05. The van der Waals surface area contributed by atoms with Crippen LogP contribution in [0.15, 0.2) is 36.0 Å². The van der Waals surface area contributed by atoms with Gasteiger partial charge in [-0.25, -0.2) is 4.79 Å². The summed E-state index contributed by atoms with van der Waals surface area (Å²) in [5, 5.41) is 8.69. The molecule has 0 aliphatic heterocycles. The van der Waals surface area contributed by atoms with Gasteiger partial charge in [0.15, 0.2) is 0 Å². The van der Waals surface area contributed by atoms with E-state index in [-0.39, 0.29) is 5.92 Å². The summed E-state index contributed by atoms with van der Waals surface area (Å²) in [6, 6.07) is 5.61. The molecule has 0 amide bonds. The molecular formula is C11H13NO2. The van der Waals surface area contributed by atoms with Gasteiger partial charge in [-0.15, -0.1) is 0 Å². The van der Waals surface area contributed by atoms with Crippen LogP contribution in [0.5, 0.6) is 0 Å². The van der Waals surface area contributed by atoms with Crippen LogP contribution in [0.1, 0.15) is 25.5 Å². The average Bonchev–Trinajstić information content (AvgIpc) is 2.19. The molecule has 0 aromatic carbocycles. The lowest BCUT2D eigenvalue weighted by atomic mass is 10.0. The molecule has 0 saturated heterocycles. The molecule has 1 heterocycles. The van der Waals surface area contributed by atoms with Gasteiger partial charge in [-0.3, -0.25) is 4.98 Å². The third-order valence-corrected chi connectivity index (χ3v) is 1.99. The molecule has 14 heavy (non-hydrogen) atoms. The Hall–Kier alpha value is -1.64. The molecule has 0 aliphatic rings. The Morgan fingerprint density at radius 1 is 1.57 bits per heavy atom. The summed E-state index contributed by atoms with van der Waals surface area (Å²) in [7, 11) is 0. The number of nitrogens with zero attached hydrogens (tertiary/aromatic N) is 1. The van der Waals surface area contributed by atoms with E-state index in [2.05, 4.69) is 4.98 Å². The van der Waals surface area contributed by atoms with Gasteiger partial charge in [0.25, 0.3) is 0 Å². The van der Waals surface area contributed by atoms with Gasteiger partial charge in [0.2, 0.25) is 0 Å². The van der Waals surface area contributed by atoms with E-state index < -0.39 is 5.97 Å². The summed E-state index contributed by atoms with van der Waals surface area (Å²) in [5.41, 5.74) is 1.23. The summed E-state index contributed by atoms with van der Waals surface area (Å²) in [5.74, 6) is -0.847. The third kappa shape index (κ3) is 2.69. The lowest BCUT2D eigenvalue weighted by molar-refractivity contribution is -0.132. The number of allylic oxidation sites excluding steroid dienone is 1. The second kappa shape index (κ2) is 4.56. The fraction of sp³-hybridized carbons (Fsp3) is 0.273. The Morgan fingerprint density at radius 3 is 2.79 bits per heavy atom. The molecular weight excluding hydrogens is 178 g/mol.